The predicted octanol–water partition coefficient (Wildman–Crippen LogP) is 2.79. The fraction of sp³-hybridized carbons (Fsp3) is 0.478. The monoisotopic (exact) mass is 421 g/mol. The van der Waals surface area contributed by atoms with Crippen LogP contribution in [0.2, 0.25) is 0 Å². The van der Waals surface area contributed by atoms with Crippen LogP contribution in [0, 0.1) is 11.3 Å². The third kappa shape index (κ3) is 4.06. The van der Waals surface area contributed by atoms with Crippen LogP contribution in [0.15, 0.2) is 24.4 Å². The van der Waals surface area contributed by atoms with Crippen LogP contribution < -0.4 is 5.32 Å². The first-order valence-corrected chi connectivity index (χ1v) is 10.8. The largest absolute Gasteiger partial charge is 0.373 e. The number of hydrogen-bond acceptors (Lipinski definition) is 5. The first-order valence-electron chi connectivity index (χ1n) is 10.8. The number of amides is 2. The molecule has 8 nitrogen and oxygen atoms in total. The molecule has 2 aliphatic heterocycles. The molecule has 1 fully saturated rings. The van der Waals surface area contributed by atoms with Gasteiger partial charge >= 0.3 is 0 Å². The average Bonchev–Trinajstić information content (AvgIpc) is 3.41. The van der Waals surface area contributed by atoms with E-state index in [1.807, 2.05) is 28.5 Å². The summed E-state index contributed by atoms with van der Waals surface area (Å²) in [5, 5.41) is 12.0. The van der Waals surface area contributed by atoms with Crippen molar-refractivity contribution in [1.29, 1.82) is 5.26 Å². The van der Waals surface area contributed by atoms with E-state index in [0.29, 0.717) is 43.1 Å². The van der Waals surface area contributed by atoms with Crippen molar-refractivity contribution in [1.82, 2.24) is 19.8 Å². The van der Waals surface area contributed by atoms with Crippen molar-refractivity contribution in [2.75, 3.05) is 13.2 Å². The Morgan fingerprint density at radius 3 is 2.87 bits per heavy atom. The van der Waals surface area contributed by atoms with Gasteiger partial charge in [-0.15, -0.1) is 0 Å². The van der Waals surface area contributed by atoms with Crippen molar-refractivity contribution in [3.63, 3.8) is 0 Å². The van der Waals surface area contributed by atoms with Gasteiger partial charge in [0.15, 0.2) is 0 Å². The molecular weight excluding hydrogens is 394 g/mol. The number of nitrogens with one attached hydrogen (secondary N) is 1. The molecule has 0 bridgehead atoms. The van der Waals surface area contributed by atoms with Crippen LogP contribution in [0.4, 0.5) is 0 Å². The topological polar surface area (TPSA) is 100 Å². The molecule has 4 rings (SSSR count). The Labute approximate surface area is 181 Å². The summed E-state index contributed by atoms with van der Waals surface area (Å²) in [6, 6.07) is 7.14. The standard InChI is InChI=1S/C23H27N5O3/c1-3-19(16-6-7-17(12-24)25-13-16)26-22(29)18-11-20(28-9-10-31-14-21(18)28)23(30)27-8-4-5-15(27)2/h6-7,11,13,15,19H,3-5,8-10,14H2,1-2H3,(H,26,29). The van der Waals surface area contributed by atoms with E-state index in [9.17, 15) is 9.59 Å². The first-order chi connectivity index (χ1) is 15.0. The number of carbonyl (C=O) groups excluding carboxylic acids is 2. The van der Waals surface area contributed by atoms with Crippen molar-refractivity contribution in [3.8, 4) is 6.07 Å². The lowest BCUT2D eigenvalue weighted by molar-refractivity contribution is 0.0683. The summed E-state index contributed by atoms with van der Waals surface area (Å²) in [6.45, 7) is 6.18. The maximum Gasteiger partial charge on any atom is 0.270 e. The number of aromatic nitrogens is 2. The highest BCUT2D eigenvalue weighted by atomic mass is 16.5. The van der Waals surface area contributed by atoms with E-state index in [-0.39, 0.29) is 23.9 Å². The fourth-order valence-corrected chi connectivity index (χ4v) is 4.42. The predicted molar refractivity (Wildman–Crippen MR) is 113 cm³/mol. The number of nitrogens with zero attached hydrogens (tertiary/aromatic N) is 4. The number of likely N-dealkylation sites (tertiary alicyclic amines) is 1. The summed E-state index contributed by atoms with van der Waals surface area (Å²) in [5.74, 6) is -0.255. The molecular formula is C23H27N5O3. The van der Waals surface area contributed by atoms with Gasteiger partial charge in [0.1, 0.15) is 17.5 Å². The Morgan fingerprint density at radius 1 is 1.39 bits per heavy atom. The Morgan fingerprint density at radius 2 is 2.23 bits per heavy atom. The number of ether oxygens (including phenoxy) is 1. The lowest BCUT2D eigenvalue weighted by atomic mass is 10.1. The molecule has 2 aromatic heterocycles. The van der Waals surface area contributed by atoms with Gasteiger partial charge in [-0.1, -0.05) is 13.0 Å². The molecule has 0 spiro atoms. The Bertz CT molecular complexity index is 1020. The highest BCUT2D eigenvalue weighted by Gasteiger charge is 2.32. The number of fused-ring (bicyclic) bond motifs is 1. The molecule has 31 heavy (non-hydrogen) atoms. The third-order valence-corrected chi connectivity index (χ3v) is 6.20. The average molecular weight is 422 g/mol. The summed E-state index contributed by atoms with van der Waals surface area (Å²) in [7, 11) is 0. The van der Waals surface area contributed by atoms with Gasteiger partial charge in [-0.3, -0.25) is 9.59 Å². The van der Waals surface area contributed by atoms with Crippen LogP contribution in [0.1, 0.15) is 76.9 Å². The molecule has 2 aromatic rings. The van der Waals surface area contributed by atoms with Gasteiger partial charge in [0, 0.05) is 25.3 Å². The quantitative estimate of drug-likeness (QED) is 0.800. The maximum atomic E-state index is 13.2. The molecule has 8 heteroatoms. The molecule has 162 valence electrons. The van der Waals surface area contributed by atoms with Crippen LogP contribution in [-0.2, 0) is 17.9 Å². The molecule has 0 aliphatic carbocycles. The molecule has 1 N–H and O–H groups in total. The van der Waals surface area contributed by atoms with E-state index in [2.05, 4.69) is 17.2 Å². The fourth-order valence-electron chi connectivity index (χ4n) is 4.42. The van der Waals surface area contributed by atoms with Gasteiger partial charge in [-0.2, -0.15) is 5.26 Å². The van der Waals surface area contributed by atoms with Crippen LogP contribution in [0.25, 0.3) is 0 Å². The lowest BCUT2D eigenvalue weighted by Gasteiger charge is -2.24. The molecule has 2 amide bonds. The third-order valence-electron chi connectivity index (χ3n) is 6.20. The van der Waals surface area contributed by atoms with Crippen molar-refractivity contribution >= 4 is 11.8 Å². The highest BCUT2D eigenvalue weighted by molar-refractivity contribution is 6.01. The van der Waals surface area contributed by atoms with E-state index in [1.165, 1.54) is 0 Å². The summed E-state index contributed by atoms with van der Waals surface area (Å²) in [4.78, 5) is 32.5. The number of nitriles is 1. The zero-order chi connectivity index (χ0) is 22.0. The molecule has 1 saturated heterocycles. The number of pyridine rings is 1. The SMILES string of the molecule is CCC(NC(=O)c1cc(C(=O)N2CCCC2C)n2c1COCC2)c1ccc(C#N)nc1. The zero-order valence-corrected chi connectivity index (χ0v) is 17.9. The molecule has 0 saturated carbocycles. The smallest absolute Gasteiger partial charge is 0.270 e. The van der Waals surface area contributed by atoms with Gasteiger partial charge in [0.05, 0.1) is 30.5 Å². The van der Waals surface area contributed by atoms with Crippen LogP contribution in [0.5, 0.6) is 0 Å². The lowest BCUT2D eigenvalue weighted by Crippen LogP contribution is -2.35. The van der Waals surface area contributed by atoms with E-state index < -0.39 is 0 Å². The Kier molecular flexibility index (Phi) is 6.05. The summed E-state index contributed by atoms with van der Waals surface area (Å²) in [5.41, 5.74) is 2.95. The van der Waals surface area contributed by atoms with Gasteiger partial charge in [-0.05, 0) is 43.9 Å². The molecule has 0 radical (unpaired) electrons. The van der Waals surface area contributed by atoms with E-state index in [0.717, 1.165) is 30.6 Å². The minimum atomic E-state index is -0.245. The van der Waals surface area contributed by atoms with Crippen molar-refractivity contribution < 1.29 is 14.3 Å². The molecule has 2 aliphatic rings. The zero-order valence-electron chi connectivity index (χ0n) is 17.9. The van der Waals surface area contributed by atoms with Crippen molar-refractivity contribution in [3.05, 3.63) is 52.6 Å². The van der Waals surface area contributed by atoms with Crippen LogP contribution in [0.3, 0.4) is 0 Å². The number of rotatable bonds is 5. The molecule has 4 heterocycles. The van der Waals surface area contributed by atoms with Crippen molar-refractivity contribution in [2.45, 2.75) is 58.3 Å². The van der Waals surface area contributed by atoms with E-state index in [4.69, 9.17) is 10.00 Å². The van der Waals surface area contributed by atoms with Crippen molar-refractivity contribution in [2.24, 2.45) is 0 Å². The molecule has 2 unspecified atom stereocenters. The van der Waals surface area contributed by atoms with Gasteiger partial charge < -0.3 is 19.5 Å². The van der Waals surface area contributed by atoms with Gasteiger partial charge in [0.25, 0.3) is 11.8 Å². The van der Waals surface area contributed by atoms with Crippen LogP contribution in [-0.4, -0.2) is 45.5 Å². The Balaban J connectivity index is 1.60. The maximum absolute atomic E-state index is 13.2. The molecule has 0 aromatic carbocycles. The second-order valence-electron chi connectivity index (χ2n) is 8.11. The second kappa shape index (κ2) is 8.90. The van der Waals surface area contributed by atoms with Gasteiger partial charge in [-0.25, -0.2) is 4.98 Å². The normalized spacial score (nSPS) is 18.9. The summed E-state index contributed by atoms with van der Waals surface area (Å²) in [6.07, 6.45) is 4.30. The van der Waals surface area contributed by atoms with Crippen LogP contribution >= 0.6 is 0 Å². The first kappa shape index (κ1) is 21.1. The Hall–Kier alpha value is -3.18. The number of hydrogen-bond donors (Lipinski definition) is 1. The van der Waals surface area contributed by atoms with Gasteiger partial charge in [0.2, 0.25) is 0 Å². The highest BCUT2D eigenvalue weighted by Crippen LogP contribution is 2.26. The van der Waals surface area contributed by atoms with E-state index >= 15 is 0 Å². The number of carbonyl (C=O) groups is 2. The summed E-state index contributed by atoms with van der Waals surface area (Å²) < 4.78 is 7.54. The molecule has 2 atom stereocenters. The minimum absolute atomic E-state index is 0.0180. The summed E-state index contributed by atoms with van der Waals surface area (Å²) >= 11 is 0. The minimum Gasteiger partial charge on any atom is -0.373 e. The van der Waals surface area contributed by atoms with E-state index in [1.54, 1.807) is 18.3 Å². The second-order valence-corrected chi connectivity index (χ2v) is 8.11.